The van der Waals surface area contributed by atoms with Gasteiger partial charge in [0.15, 0.2) is 0 Å². The van der Waals surface area contributed by atoms with Crippen LogP contribution in [0.2, 0.25) is 0 Å². The van der Waals surface area contributed by atoms with Crippen molar-refractivity contribution in [2.45, 2.75) is 33.2 Å². The summed E-state index contributed by atoms with van der Waals surface area (Å²) < 4.78 is 0. The van der Waals surface area contributed by atoms with E-state index in [1.54, 1.807) is 18.3 Å². The van der Waals surface area contributed by atoms with Crippen LogP contribution in [0.5, 0.6) is 0 Å². The first kappa shape index (κ1) is 14.0. The number of hydrogen-bond acceptors (Lipinski definition) is 4. The highest BCUT2D eigenvalue weighted by molar-refractivity contribution is 7.07. The largest absolute Gasteiger partial charge is 0.310 e. The summed E-state index contributed by atoms with van der Waals surface area (Å²) in [5.41, 5.74) is 2.82. The highest BCUT2D eigenvalue weighted by atomic mass is 32.1. The van der Waals surface area contributed by atoms with E-state index in [0.29, 0.717) is 5.82 Å². The quantitative estimate of drug-likeness (QED) is 0.882. The van der Waals surface area contributed by atoms with Crippen LogP contribution in [-0.4, -0.2) is 16.5 Å². The molecule has 1 unspecified atom stereocenters. The number of nitrogens with one attached hydrogen (secondary N) is 2. The maximum atomic E-state index is 12.0. The molecular weight excluding hydrogens is 258 g/mol. The van der Waals surface area contributed by atoms with Gasteiger partial charge in [-0.1, -0.05) is 0 Å². The van der Waals surface area contributed by atoms with Crippen molar-refractivity contribution in [2.75, 3.05) is 6.54 Å². The summed E-state index contributed by atoms with van der Waals surface area (Å²) in [6.07, 6.45) is 0.976. The summed E-state index contributed by atoms with van der Waals surface area (Å²) in [4.78, 5) is 19.0. The van der Waals surface area contributed by atoms with E-state index in [-0.39, 0.29) is 11.6 Å². The van der Waals surface area contributed by atoms with Crippen molar-refractivity contribution in [3.63, 3.8) is 0 Å². The van der Waals surface area contributed by atoms with Gasteiger partial charge in [-0.25, -0.2) is 4.98 Å². The molecule has 2 aromatic rings. The molecule has 5 heteroatoms. The smallest absolute Gasteiger partial charge is 0.255 e. The van der Waals surface area contributed by atoms with Crippen LogP contribution in [0.3, 0.4) is 0 Å². The van der Waals surface area contributed by atoms with E-state index < -0.39 is 0 Å². The maximum absolute atomic E-state index is 12.0. The van der Waals surface area contributed by atoms with Crippen LogP contribution in [0.25, 0.3) is 0 Å². The lowest BCUT2D eigenvalue weighted by Crippen LogP contribution is -2.29. The van der Waals surface area contributed by atoms with Crippen molar-refractivity contribution >= 4 is 11.3 Å². The zero-order valence-corrected chi connectivity index (χ0v) is 12.3. The molecule has 1 atom stereocenters. The fourth-order valence-corrected chi connectivity index (χ4v) is 2.92. The van der Waals surface area contributed by atoms with E-state index in [1.807, 2.05) is 13.8 Å². The summed E-state index contributed by atoms with van der Waals surface area (Å²) in [7, 11) is 0. The monoisotopic (exact) mass is 277 g/mol. The molecular formula is C14H19N3OS. The molecule has 0 saturated heterocycles. The number of aryl methyl sites for hydroxylation is 2. The molecule has 4 nitrogen and oxygen atoms in total. The molecule has 0 amide bonds. The second-order valence-electron chi connectivity index (χ2n) is 4.71. The molecule has 0 aromatic carbocycles. The first-order valence-electron chi connectivity index (χ1n) is 6.40. The summed E-state index contributed by atoms with van der Waals surface area (Å²) in [5.74, 6) is 0.664. The van der Waals surface area contributed by atoms with Gasteiger partial charge in [0.1, 0.15) is 5.82 Å². The van der Waals surface area contributed by atoms with Crippen LogP contribution >= 0.6 is 11.3 Å². The molecule has 0 fully saturated rings. The molecule has 0 spiro atoms. The van der Waals surface area contributed by atoms with Crippen molar-refractivity contribution in [2.24, 2.45) is 0 Å². The molecule has 0 saturated carbocycles. The van der Waals surface area contributed by atoms with Crippen LogP contribution in [0.1, 0.15) is 35.6 Å². The van der Waals surface area contributed by atoms with Crippen LogP contribution in [0, 0.1) is 13.8 Å². The molecule has 2 N–H and O–H groups in total. The Bertz CT molecular complexity index is 589. The van der Waals surface area contributed by atoms with Crippen LogP contribution in [0.15, 0.2) is 21.6 Å². The SMILES string of the molecule is Cc1nc(C)c(C(C)NCCc2ccsc2)c(=O)[nH]1. The van der Waals surface area contributed by atoms with Gasteiger partial charge in [-0.2, -0.15) is 11.3 Å². The number of hydrogen-bond donors (Lipinski definition) is 2. The van der Waals surface area contributed by atoms with Gasteiger partial charge in [-0.3, -0.25) is 4.79 Å². The normalized spacial score (nSPS) is 12.6. The minimum Gasteiger partial charge on any atom is -0.310 e. The first-order valence-corrected chi connectivity index (χ1v) is 7.34. The fraction of sp³-hybridized carbons (Fsp3) is 0.429. The number of thiophene rings is 1. The van der Waals surface area contributed by atoms with Crippen molar-refractivity contribution in [1.29, 1.82) is 0 Å². The molecule has 0 radical (unpaired) electrons. The predicted octanol–water partition coefficient (Wildman–Crippen LogP) is 2.34. The average Bonchev–Trinajstić information content (AvgIpc) is 2.80. The zero-order chi connectivity index (χ0) is 13.8. The summed E-state index contributed by atoms with van der Waals surface area (Å²) in [6.45, 7) is 6.54. The van der Waals surface area contributed by atoms with Gasteiger partial charge in [0, 0.05) is 11.7 Å². The van der Waals surface area contributed by atoms with Gasteiger partial charge >= 0.3 is 0 Å². The lowest BCUT2D eigenvalue weighted by atomic mass is 10.1. The van der Waals surface area contributed by atoms with E-state index in [9.17, 15) is 4.79 Å². The van der Waals surface area contributed by atoms with Gasteiger partial charge in [0.05, 0.1) is 5.56 Å². The lowest BCUT2D eigenvalue weighted by Gasteiger charge is -2.15. The third kappa shape index (κ3) is 3.52. The molecule has 2 heterocycles. The molecule has 0 aliphatic carbocycles. The molecule has 0 bridgehead atoms. The highest BCUT2D eigenvalue weighted by Gasteiger charge is 2.13. The molecule has 0 aliphatic heterocycles. The molecule has 19 heavy (non-hydrogen) atoms. The van der Waals surface area contributed by atoms with Gasteiger partial charge in [0.25, 0.3) is 5.56 Å². The second-order valence-corrected chi connectivity index (χ2v) is 5.49. The van der Waals surface area contributed by atoms with E-state index >= 15 is 0 Å². The standard InChI is InChI=1S/C14H19N3OS/c1-9(15-6-4-12-5-7-19-8-12)13-10(2)16-11(3)17-14(13)18/h5,7-9,15H,4,6H2,1-3H3,(H,16,17,18). The van der Waals surface area contributed by atoms with Gasteiger partial charge < -0.3 is 10.3 Å². The summed E-state index contributed by atoms with van der Waals surface area (Å²) in [5, 5.41) is 7.61. The first-order chi connectivity index (χ1) is 9.08. The second kappa shape index (κ2) is 6.12. The van der Waals surface area contributed by atoms with Crippen LogP contribution in [-0.2, 0) is 6.42 Å². The Labute approximate surface area is 116 Å². The van der Waals surface area contributed by atoms with Gasteiger partial charge in [-0.05, 0) is 56.1 Å². The minimum absolute atomic E-state index is 0.00971. The number of aromatic amines is 1. The molecule has 102 valence electrons. The Hall–Kier alpha value is -1.46. The number of H-pyrrole nitrogens is 1. The van der Waals surface area contributed by atoms with E-state index in [4.69, 9.17) is 0 Å². The number of aromatic nitrogens is 2. The lowest BCUT2D eigenvalue weighted by molar-refractivity contribution is 0.565. The number of nitrogens with zero attached hydrogens (tertiary/aromatic N) is 1. The van der Waals surface area contributed by atoms with Crippen molar-refractivity contribution < 1.29 is 0 Å². The van der Waals surface area contributed by atoms with Crippen LogP contribution in [0.4, 0.5) is 0 Å². The van der Waals surface area contributed by atoms with Gasteiger partial charge in [-0.15, -0.1) is 0 Å². The van der Waals surface area contributed by atoms with Crippen molar-refractivity contribution in [1.82, 2.24) is 15.3 Å². The highest BCUT2D eigenvalue weighted by Crippen LogP contribution is 2.11. The van der Waals surface area contributed by atoms with E-state index in [0.717, 1.165) is 24.2 Å². The summed E-state index contributed by atoms with van der Waals surface area (Å²) in [6, 6.07) is 2.14. The third-order valence-corrected chi connectivity index (χ3v) is 3.87. The van der Waals surface area contributed by atoms with E-state index in [1.165, 1.54) is 5.56 Å². The Kier molecular flexibility index (Phi) is 4.50. The fourth-order valence-electron chi connectivity index (χ4n) is 2.22. The molecule has 2 aromatic heterocycles. The average molecular weight is 277 g/mol. The predicted molar refractivity (Wildman–Crippen MR) is 78.8 cm³/mol. The molecule has 0 aliphatic rings. The summed E-state index contributed by atoms with van der Waals surface area (Å²) >= 11 is 1.71. The number of rotatable bonds is 5. The van der Waals surface area contributed by atoms with Crippen molar-refractivity contribution in [3.05, 3.63) is 49.8 Å². The van der Waals surface area contributed by atoms with Gasteiger partial charge in [0.2, 0.25) is 0 Å². The van der Waals surface area contributed by atoms with Crippen LogP contribution < -0.4 is 10.9 Å². The molecule has 2 rings (SSSR count). The van der Waals surface area contributed by atoms with Crippen molar-refractivity contribution in [3.8, 4) is 0 Å². The minimum atomic E-state index is -0.0412. The maximum Gasteiger partial charge on any atom is 0.255 e. The third-order valence-electron chi connectivity index (χ3n) is 3.14. The van der Waals surface area contributed by atoms with E-state index in [2.05, 4.69) is 32.1 Å². The Morgan fingerprint density at radius 1 is 1.47 bits per heavy atom. The Balaban J connectivity index is 2.00. The Morgan fingerprint density at radius 2 is 2.26 bits per heavy atom. The zero-order valence-electron chi connectivity index (χ0n) is 11.5. The Morgan fingerprint density at radius 3 is 2.89 bits per heavy atom. The topological polar surface area (TPSA) is 57.8 Å².